The van der Waals surface area contributed by atoms with Gasteiger partial charge in [-0.1, -0.05) is 43.3 Å². The molecule has 108 valence electrons. The Morgan fingerprint density at radius 3 is 2.67 bits per heavy atom. The molecule has 0 spiro atoms. The predicted molar refractivity (Wildman–Crippen MR) is 87.3 cm³/mol. The maximum Gasteiger partial charge on any atom is 0.114 e. The molecule has 1 heterocycles. The summed E-state index contributed by atoms with van der Waals surface area (Å²) in [4.78, 5) is 4.75. The maximum absolute atomic E-state index is 4.75. The number of para-hydroxylation sites is 2. The van der Waals surface area contributed by atoms with Gasteiger partial charge in [0.25, 0.3) is 0 Å². The summed E-state index contributed by atoms with van der Waals surface area (Å²) in [7, 11) is 2.09. The molecule has 3 aromatic rings. The number of imidazole rings is 1. The first-order valence-electron chi connectivity index (χ1n) is 7.47. The van der Waals surface area contributed by atoms with Crippen LogP contribution in [0, 0.1) is 0 Å². The summed E-state index contributed by atoms with van der Waals surface area (Å²) in [6.07, 6.45) is 0.866. The summed E-state index contributed by atoms with van der Waals surface area (Å²) in [5, 5.41) is 3.37. The molecule has 0 fully saturated rings. The van der Waals surface area contributed by atoms with Crippen LogP contribution in [0.15, 0.2) is 48.5 Å². The normalized spacial score (nSPS) is 11.1. The van der Waals surface area contributed by atoms with Gasteiger partial charge in [0.05, 0.1) is 11.0 Å². The highest BCUT2D eigenvalue weighted by Crippen LogP contribution is 2.17. The number of hydrogen-bond acceptors (Lipinski definition) is 2. The standard InChI is InChI=1S/C18H21N3/c1-3-19-13-15-8-6-7-14(11-15)12-18-20-16-9-4-5-10-17(16)21(18)2/h4-11,19H,3,12-13H2,1-2H3. The number of nitrogens with one attached hydrogen (secondary N) is 1. The zero-order valence-electron chi connectivity index (χ0n) is 12.6. The van der Waals surface area contributed by atoms with Crippen molar-refractivity contribution in [3.8, 4) is 0 Å². The van der Waals surface area contributed by atoms with Crippen molar-refractivity contribution >= 4 is 11.0 Å². The molecular weight excluding hydrogens is 258 g/mol. The number of fused-ring (bicyclic) bond motifs is 1. The molecule has 1 N–H and O–H groups in total. The lowest BCUT2D eigenvalue weighted by Gasteiger charge is -2.06. The number of benzene rings is 2. The van der Waals surface area contributed by atoms with Gasteiger partial charge in [-0.25, -0.2) is 4.98 Å². The largest absolute Gasteiger partial charge is 0.331 e. The first-order valence-corrected chi connectivity index (χ1v) is 7.47. The minimum absolute atomic E-state index is 0.866. The summed E-state index contributed by atoms with van der Waals surface area (Å²) in [5.41, 5.74) is 4.90. The first kappa shape index (κ1) is 13.8. The molecule has 0 aliphatic heterocycles. The van der Waals surface area contributed by atoms with Gasteiger partial charge in [0, 0.05) is 20.0 Å². The second-order valence-electron chi connectivity index (χ2n) is 5.35. The van der Waals surface area contributed by atoms with Crippen LogP contribution >= 0.6 is 0 Å². The Bertz CT molecular complexity index is 743. The smallest absolute Gasteiger partial charge is 0.114 e. The van der Waals surface area contributed by atoms with Crippen LogP contribution in [0.5, 0.6) is 0 Å². The Labute approximate surface area is 125 Å². The fraction of sp³-hybridized carbons (Fsp3) is 0.278. The van der Waals surface area contributed by atoms with E-state index in [1.165, 1.54) is 16.6 Å². The number of nitrogens with zero attached hydrogens (tertiary/aromatic N) is 2. The molecule has 0 amide bonds. The van der Waals surface area contributed by atoms with Crippen LogP contribution in [0.4, 0.5) is 0 Å². The van der Waals surface area contributed by atoms with Crippen molar-refractivity contribution in [3.63, 3.8) is 0 Å². The minimum atomic E-state index is 0.866. The van der Waals surface area contributed by atoms with Gasteiger partial charge in [-0.05, 0) is 29.8 Å². The molecule has 0 unspecified atom stereocenters. The van der Waals surface area contributed by atoms with Crippen molar-refractivity contribution in [2.75, 3.05) is 6.54 Å². The molecule has 3 heteroatoms. The van der Waals surface area contributed by atoms with Crippen LogP contribution in [0.3, 0.4) is 0 Å². The van der Waals surface area contributed by atoms with Gasteiger partial charge in [0.2, 0.25) is 0 Å². The molecule has 0 bridgehead atoms. The zero-order chi connectivity index (χ0) is 14.7. The Hall–Kier alpha value is -2.13. The summed E-state index contributed by atoms with van der Waals surface area (Å²) < 4.78 is 2.19. The Morgan fingerprint density at radius 1 is 1.05 bits per heavy atom. The van der Waals surface area contributed by atoms with Crippen LogP contribution in [0.25, 0.3) is 11.0 Å². The van der Waals surface area contributed by atoms with Gasteiger partial charge in [0.1, 0.15) is 5.82 Å². The predicted octanol–water partition coefficient (Wildman–Crippen LogP) is 3.27. The molecule has 1 aromatic heterocycles. The molecule has 0 atom stereocenters. The second kappa shape index (κ2) is 6.10. The van der Waals surface area contributed by atoms with E-state index in [2.05, 4.69) is 66.3 Å². The maximum atomic E-state index is 4.75. The molecule has 0 radical (unpaired) electrons. The molecule has 3 rings (SSSR count). The second-order valence-corrected chi connectivity index (χ2v) is 5.35. The van der Waals surface area contributed by atoms with Crippen LogP contribution in [0.2, 0.25) is 0 Å². The van der Waals surface area contributed by atoms with E-state index >= 15 is 0 Å². The molecule has 2 aromatic carbocycles. The topological polar surface area (TPSA) is 29.9 Å². The van der Waals surface area contributed by atoms with Crippen LogP contribution < -0.4 is 5.32 Å². The van der Waals surface area contributed by atoms with E-state index in [1.807, 2.05) is 6.07 Å². The van der Waals surface area contributed by atoms with E-state index in [9.17, 15) is 0 Å². The molecule has 21 heavy (non-hydrogen) atoms. The monoisotopic (exact) mass is 279 g/mol. The third kappa shape index (κ3) is 2.98. The quantitative estimate of drug-likeness (QED) is 0.777. The fourth-order valence-corrected chi connectivity index (χ4v) is 2.66. The number of rotatable bonds is 5. The van der Waals surface area contributed by atoms with E-state index in [0.29, 0.717) is 0 Å². The number of hydrogen-bond donors (Lipinski definition) is 1. The SMILES string of the molecule is CCNCc1cccc(Cc2nc3ccccc3n2C)c1. The summed E-state index contributed by atoms with van der Waals surface area (Å²) in [6.45, 7) is 4.05. The highest BCUT2D eigenvalue weighted by Gasteiger charge is 2.08. The van der Waals surface area contributed by atoms with Crippen molar-refractivity contribution in [2.45, 2.75) is 19.9 Å². The van der Waals surface area contributed by atoms with Crippen molar-refractivity contribution < 1.29 is 0 Å². The van der Waals surface area contributed by atoms with Gasteiger partial charge in [-0.15, -0.1) is 0 Å². The summed E-state index contributed by atoms with van der Waals surface area (Å²) >= 11 is 0. The lowest BCUT2D eigenvalue weighted by Crippen LogP contribution is -2.11. The lowest BCUT2D eigenvalue weighted by molar-refractivity contribution is 0.725. The van der Waals surface area contributed by atoms with Crippen molar-refractivity contribution in [1.29, 1.82) is 0 Å². The first-order chi connectivity index (χ1) is 10.3. The number of aromatic nitrogens is 2. The van der Waals surface area contributed by atoms with Gasteiger partial charge in [0.15, 0.2) is 0 Å². The zero-order valence-corrected chi connectivity index (χ0v) is 12.6. The van der Waals surface area contributed by atoms with Crippen molar-refractivity contribution in [1.82, 2.24) is 14.9 Å². The average Bonchev–Trinajstić information content (AvgIpc) is 2.82. The van der Waals surface area contributed by atoms with Crippen molar-refractivity contribution in [2.24, 2.45) is 7.05 Å². The third-order valence-electron chi connectivity index (χ3n) is 3.81. The molecular formula is C18H21N3. The van der Waals surface area contributed by atoms with Gasteiger partial charge >= 0.3 is 0 Å². The molecule has 0 saturated heterocycles. The van der Waals surface area contributed by atoms with Crippen LogP contribution in [-0.4, -0.2) is 16.1 Å². The van der Waals surface area contributed by atoms with Crippen molar-refractivity contribution in [3.05, 3.63) is 65.5 Å². The fourth-order valence-electron chi connectivity index (χ4n) is 2.66. The molecule has 0 aliphatic rings. The lowest BCUT2D eigenvalue weighted by atomic mass is 10.1. The molecule has 0 aliphatic carbocycles. The van der Waals surface area contributed by atoms with E-state index in [1.54, 1.807) is 0 Å². The van der Waals surface area contributed by atoms with Crippen LogP contribution in [-0.2, 0) is 20.0 Å². The minimum Gasteiger partial charge on any atom is -0.331 e. The summed E-state index contributed by atoms with van der Waals surface area (Å²) in [6, 6.07) is 17.0. The molecule has 0 saturated carbocycles. The highest BCUT2D eigenvalue weighted by molar-refractivity contribution is 5.75. The average molecular weight is 279 g/mol. The van der Waals surface area contributed by atoms with E-state index in [-0.39, 0.29) is 0 Å². The van der Waals surface area contributed by atoms with E-state index < -0.39 is 0 Å². The summed E-state index contributed by atoms with van der Waals surface area (Å²) in [5.74, 6) is 1.11. The Balaban J connectivity index is 1.86. The van der Waals surface area contributed by atoms with Crippen LogP contribution in [0.1, 0.15) is 23.9 Å². The highest BCUT2D eigenvalue weighted by atomic mass is 15.1. The third-order valence-corrected chi connectivity index (χ3v) is 3.81. The Kier molecular flexibility index (Phi) is 4.02. The van der Waals surface area contributed by atoms with E-state index in [0.717, 1.165) is 30.9 Å². The van der Waals surface area contributed by atoms with E-state index in [4.69, 9.17) is 4.98 Å². The van der Waals surface area contributed by atoms with Gasteiger partial charge in [-0.3, -0.25) is 0 Å². The number of aryl methyl sites for hydroxylation is 1. The molecule has 3 nitrogen and oxygen atoms in total. The van der Waals surface area contributed by atoms with Gasteiger partial charge < -0.3 is 9.88 Å². The van der Waals surface area contributed by atoms with Gasteiger partial charge in [-0.2, -0.15) is 0 Å². The Morgan fingerprint density at radius 2 is 1.86 bits per heavy atom.